The first kappa shape index (κ1) is 12.6. The summed E-state index contributed by atoms with van der Waals surface area (Å²) in [5.41, 5.74) is 7.24. The van der Waals surface area contributed by atoms with Crippen molar-refractivity contribution in [2.75, 3.05) is 0 Å². The summed E-state index contributed by atoms with van der Waals surface area (Å²) in [5.74, 6) is 1.96. The predicted molar refractivity (Wildman–Crippen MR) is 69.2 cm³/mol. The molecule has 3 N–H and O–H groups in total. The van der Waals surface area contributed by atoms with Crippen LogP contribution in [0.3, 0.4) is 0 Å². The second kappa shape index (κ2) is 5.18. The molecule has 2 aromatic rings. The molecule has 1 aromatic carbocycles. The van der Waals surface area contributed by atoms with Gasteiger partial charge in [0.1, 0.15) is 17.4 Å². The Hall–Kier alpha value is -1.88. The van der Waals surface area contributed by atoms with E-state index >= 15 is 0 Å². The summed E-state index contributed by atoms with van der Waals surface area (Å²) in [5, 5.41) is 17.4. The summed E-state index contributed by atoms with van der Waals surface area (Å²) in [6, 6.07) is 6.88. The number of aromatic hydroxyl groups is 1. The number of hydrogen-bond donors (Lipinski definition) is 2. The van der Waals surface area contributed by atoms with E-state index in [0.29, 0.717) is 6.42 Å². The van der Waals surface area contributed by atoms with Crippen LogP contribution in [-0.4, -0.2) is 19.9 Å². The van der Waals surface area contributed by atoms with Gasteiger partial charge < -0.3 is 15.4 Å². The van der Waals surface area contributed by atoms with E-state index in [9.17, 15) is 5.11 Å². The minimum atomic E-state index is -0.185. The fourth-order valence-electron chi connectivity index (χ4n) is 2.04. The van der Waals surface area contributed by atoms with Gasteiger partial charge in [0.25, 0.3) is 0 Å². The zero-order valence-electron chi connectivity index (χ0n) is 10.7. The van der Waals surface area contributed by atoms with E-state index in [2.05, 4.69) is 10.2 Å². The largest absolute Gasteiger partial charge is 0.508 e. The van der Waals surface area contributed by atoms with Gasteiger partial charge in [-0.3, -0.25) is 0 Å². The minimum absolute atomic E-state index is 0.185. The number of rotatable bonds is 4. The smallest absolute Gasteiger partial charge is 0.150 e. The highest BCUT2D eigenvalue weighted by molar-refractivity contribution is 5.26. The van der Waals surface area contributed by atoms with E-state index in [4.69, 9.17) is 5.73 Å². The van der Waals surface area contributed by atoms with Crippen LogP contribution in [0.5, 0.6) is 5.75 Å². The first-order valence-electron chi connectivity index (χ1n) is 6.05. The Labute approximate surface area is 106 Å². The van der Waals surface area contributed by atoms with Gasteiger partial charge in [0.15, 0.2) is 0 Å². The monoisotopic (exact) mass is 246 g/mol. The minimum Gasteiger partial charge on any atom is -0.508 e. The first-order valence-corrected chi connectivity index (χ1v) is 6.05. The standard InChI is InChI=1S/C13H18N4O/c1-3-17-9(2)15-16-13(17)12(14)8-10-4-6-11(18)7-5-10/h4-7,12,18H,3,8,14H2,1-2H3. The van der Waals surface area contributed by atoms with Crippen molar-refractivity contribution < 1.29 is 5.11 Å². The van der Waals surface area contributed by atoms with Gasteiger partial charge in [-0.2, -0.15) is 0 Å². The van der Waals surface area contributed by atoms with Crippen molar-refractivity contribution in [2.45, 2.75) is 32.9 Å². The predicted octanol–water partition coefficient (Wildman–Crippen LogP) is 1.55. The van der Waals surface area contributed by atoms with E-state index < -0.39 is 0 Å². The van der Waals surface area contributed by atoms with Gasteiger partial charge in [-0.05, 0) is 38.0 Å². The van der Waals surface area contributed by atoms with Crippen LogP contribution in [-0.2, 0) is 13.0 Å². The summed E-state index contributed by atoms with van der Waals surface area (Å²) < 4.78 is 2.02. The number of aromatic nitrogens is 3. The Morgan fingerprint density at radius 2 is 1.94 bits per heavy atom. The maximum Gasteiger partial charge on any atom is 0.150 e. The van der Waals surface area contributed by atoms with Crippen molar-refractivity contribution in [3.63, 3.8) is 0 Å². The van der Waals surface area contributed by atoms with Gasteiger partial charge in [-0.25, -0.2) is 0 Å². The molecule has 1 heterocycles. The molecule has 1 aromatic heterocycles. The molecule has 0 fully saturated rings. The lowest BCUT2D eigenvalue weighted by Crippen LogP contribution is -2.19. The van der Waals surface area contributed by atoms with Crippen molar-refractivity contribution in [1.82, 2.24) is 14.8 Å². The zero-order chi connectivity index (χ0) is 13.1. The van der Waals surface area contributed by atoms with Gasteiger partial charge in [0, 0.05) is 6.54 Å². The fourth-order valence-corrected chi connectivity index (χ4v) is 2.04. The molecular formula is C13H18N4O. The van der Waals surface area contributed by atoms with Crippen LogP contribution in [0.1, 0.15) is 30.2 Å². The Morgan fingerprint density at radius 3 is 2.56 bits per heavy atom. The summed E-state index contributed by atoms with van der Waals surface area (Å²) in [6.07, 6.45) is 0.679. The van der Waals surface area contributed by atoms with Crippen molar-refractivity contribution in [1.29, 1.82) is 0 Å². The maximum absolute atomic E-state index is 9.24. The molecule has 0 aliphatic carbocycles. The molecule has 2 rings (SSSR count). The Bertz CT molecular complexity index is 518. The average molecular weight is 246 g/mol. The van der Waals surface area contributed by atoms with Gasteiger partial charge in [0.2, 0.25) is 0 Å². The summed E-state index contributed by atoms with van der Waals surface area (Å²) in [7, 11) is 0. The number of phenols is 1. The van der Waals surface area contributed by atoms with Crippen LogP contribution < -0.4 is 5.73 Å². The van der Waals surface area contributed by atoms with E-state index in [1.165, 1.54) is 0 Å². The number of phenolic OH excluding ortho intramolecular Hbond substituents is 1. The Morgan fingerprint density at radius 1 is 1.28 bits per heavy atom. The fraction of sp³-hybridized carbons (Fsp3) is 0.385. The lowest BCUT2D eigenvalue weighted by Gasteiger charge is -2.12. The lowest BCUT2D eigenvalue weighted by atomic mass is 10.1. The molecular weight excluding hydrogens is 228 g/mol. The third-order valence-electron chi connectivity index (χ3n) is 3.00. The van der Waals surface area contributed by atoms with Crippen LogP contribution in [0.25, 0.3) is 0 Å². The molecule has 1 atom stereocenters. The van der Waals surface area contributed by atoms with Crippen LogP contribution in [0.2, 0.25) is 0 Å². The molecule has 0 aliphatic rings. The van der Waals surface area contributed by atoms with Crippen LogP contribution >= 0.6 is 0 Å². The molecule has 5 nitrogen and oxygen atoms in total. The third-order valence-corrected chi connectivity index (χ3v) is 3.00. The highest BCUT2D eigenvalue weighted by atomic mass is 16.3. The Kier molecular flexibility index (Phi) is 3.62. The zero-order valence-corrected chi connectivity index (χ0v) is 10.7. The summed E-state index contributed by atoms with van der Waals surface area (Å²) >= 11 is 0. The van der Waals surface area contributed by atoms with Crippen molar-refractivity contribution in [3.05, 3.63) is 41.5 Å². The number of aryl methyl sites for hydroxylation is 1. The molecule has 1 unspecified atom stereocenters. The normalized spacial score (nSPS) is 12.6. The van der Waals surface area contributed by atoms with Gasteiger partial charge >= 0.3 is 0 Å². The average Bonchev–Trinajstić information content (AvgIpc) is 2.73. The maximum atomic E-state index is 9.24. The number of benzene rings is 1. The van der Waals surface area contributed by atoms with Crippen LogP contribution in [0, 0.1) is 6.92 Å². The van der Waals surface area contributed by atoms with Gasteiger partial charge in [-0.15, -0.1) is 10.2 Å². The van der Waals surface area contributed by atoms with Crippen LogP contribution in [0.4, 0.5) is 0 Å². The van der Waals surface area contributed by atoms with E-state index in [0.717, 1.165) is 23.8 Å². The van der Waals surface area contributed by atoms with Crippen molar-refractivity contribution in [3.8, 4) is 5.75 Å². The van der Waals surface area contributed by atoms with E-state index in [1.54, 1.807) is 12.1 Å². The Balaban J connectivity index is 2.16. The number of hydrogen-bond acceptors (Lipinski definition) is 4. The molecule has 96 valence electrons. The quantitative estimate of drug-likeness (QED) is 0.858. The van der Waals surface area contributed by atoms with Crippen molar-refractivity contribution >= 4 is 0 Å². The topological polar surface area (TPSA) is 77.0 Å². The molecule has 0 saturated heterocycles. The second-order valence-corrected chi connectivity index (χ2v) is 4.33. The molecule has 0 saturated carbocycles. The molecule has 0 aliphatic heterocycles. The van der Waals surface area contributed by atoms with Crippen LogP contribution in [0.15, 0.2) is 24.3 Å². The van der Waals surface area contributed by atoms with Gasteiger partial charge in [-0.1, -0.05) is 12.1 Å². The number of nitrogens with two attached hydrogens (primary N) is 1. The SMILES string of the molecule is CCn1c(C)nnc1C(N)Cc1ccc(O)cc1. The molecule has 0 bridgehead atoms. The lowest BCUT2D eigenvalue weighted by molar-refractivity contribution is 0.475. The van der Waals surface area contributed by atoms with E-state index in [1.807, 2.05) is 30.5 Å². The van der Waals surface area contributed by atoms with Gasteiger partial charge in [0.05, 0.1) is 6.04 Å². The third kappa shape index (κ3) is 2.51. The number of nitrogens with zero attached hydrogens (tertiary/aromatic N) is 3. The molecule has 5 heteroatoms. The van der Waals surface area contributed by atoms with E-state index in [-0.39, 0.29) is 11.8 Å². The molecule has 18 heavy (non-hydrogen) atoms. The summed E-state index contributed by atoms with van der Waals surface area (Å²) in [4.78, 5) is 0. The molecule has 0 radical (unpaired) electrons. The first-order chi connectivity index (χ1) is 8.61. The summed E-state index contributed by atoms with van der Waals surface area (Å²) in [6.45, 7) is 4.79. The second-order valence-electron chi connectivity index (χ2n) is 4.33. The highest BCUT2D eigenvalue weighted by Crippen LogP contribution is 2.17. The van der Waals surface area contributed by atoms with Crippen molar-refractivity contribution in [2.24, 2.45) is 5.73 Å². The highest BCUT2D eigenvalue weighted by Gasteiger charge is 2.15. The molecule has 0 amide bonds. The molecule has 0 spiro atoms.